The second-order valence-corrected chi connectivity index (χ2v) is 16.1. The van der Waals surface area contributed by atoms with Gasteiger partial charge in [0.2, 0.25) is 0 Å². The third kappa shape index (κ3) is 4.64. The molecule has 12 rings (SSSR count). The fraction of sp³-hybridized carbons (Fsp3) is 0.0577. The minimum absolute atomic E-state index is 0.261. The number of hydrogen-bond donors (Lipinski definition) is 0. The molecular weight excluding hydrogens is 761 g/mol. The normalized spacial score (nSPS) is 18.5. The first-order valence-electron chi connectivity index (χ1n) is 19.5. The maximum Gasteiger partial charge on any atom is 0.164 e. The molecule has 3 aliphatic carbocycles. The number of allylic oxidation sites excluding steroid dienone is 4. The van der Waals surface area contributed by atoms with E-state index in [0.29, 0.717) is 23.4 Å². The molecule has 0 aliphatic heterocycles. The van der Waals surface area contributed by atoms with Crippen LogP contribution in [0, 0.1) is 5.92 Å². The van der Waals surface area contributed by atoms with Gasteiger partial charge in [0.1, 0.15) is 0 Å². The van der Waals surface area contributed by atoms with E-state index in [-0.39, 0.29) is 11.3 Å². The van der Waals surface area contributed by atoms with Gasteiger partial charge < -0.3 is 4.57 Å². The summed E-state index contributed by atoms with van der Waals surface area (Å²) in [6, 6.07) is 58.8. The van der Waals surface area contributed by atoms with E-state index in [1.54, 1.807) is 0 Å². The van der Waals surface area contributed by atoms with Gasteiger partial charge in [0, 0.05) is 55.0 Å². The van der Waals surface area contributed by atoms with Crippen molar-refractivity contribution in [1.29, 1.82) is 0 Å². The molecule has 0 amide bonds. The lowest BCUT2D eigenvalue weighted by molar-refractivity contribution is 0.466. The van der Waals surface area contributed by atoms with Gasteiger partial charge in [-0.15, -0.1) is 0 Å². The van der Waals surface area contributed by atoms with E-state index >= 15 is 0 Å². The summed E-state index contributed by atoms with van der Waals surface area (Å²) >= 11 is 3.83. The van der Waals surface area contributed by atoms with Crippen LogP contribution in [-0.4, -0.2) is 19.5 Å². The summed E-state index contributed by atoms with van der Waals surface area (Å²) in [5, 5.41) is 2.43. The number of halogens is 1. The molecule has 3 unspecified atom stereocenters. The zero-order chi connectivity index (χ0) is 37.7. The molecule has 4 nitrogen and oxygen atoms in total. The smallest absolute Gasteiger partial charge is 0.164 e. The molecule has 0 saturated carbocycles. The van der Waals surface area contributed by atoms with Crippen LogP contribution in [0.3, 0.4) is 0 Å². The molecule has 9 aromatic rings. The minimum atomic E-state index is -0.321. The molecule has 2 heterocycles. The number of aromatic nitrogens is 4. The summed E-state index contributed by atoms with van der Waals surface area (Å²) in [6.07, 6.45) is 9.34. The van der Waals surface area contributed by atoms with Gasteiger partial charge in [-0.3, -0.25) is 0 Å². The molecular formula is C52H33BrN4. The lowest BCUT2D eigenvalue weighted by Gasteiger charge is -2.36. The Morgan fingerprint density at radius 1 is 0.509 bits per heavy atom. The van der Waals surface area contributed by atoms with Crippen LogP contribution in [0.4, 0.5) is 0 Å². The monoisotopic (exact) mass is 792 g/mol. The summed E-state index contributed by atoms with van der Waals surface area (Å²) in [5.74, 6) is 2.49. The van der Waals surface area contributed by atoms with Crippen LogP contribution in [0.15, 0.2) is 193 Å². The molecule has 2 aromatic heterocycles. The molecule has 268 valence electrons. The van der Waals surface area contributed by atoms with Gasteiger partial charge in [-0.2, -0.15) is 0 Å². The zero-order valence-corrected chi connectivity index (χ0v) is 32.3. The molecule has 0 N–H and O–H groups in total. The molecule has 1 spiro atoms. The Morgan fingerprint density at radius 2 is 1.16 bits per heavy atom. The van der Waals surface area contributed by atoms with Gasteiger partial charge in [-0.1, -0.05) is 174 Å². The Morgan fingerprint density at radius 3 is 1.93 bits per heavy atom. The van der Waals surface area contributed by atoms with Crippen LogP contribution in [-0.2, 0) is 5.41 Å². The average molecular weight is 794 g/mol. The molecule has 5 heteroatoms. The van der Waals surface area contributed by atoms with Crippen molar-refractivity contribution in [3.8, 4) is 51.0 Å². The largest absolute Gasteiger partial charge is 0.309 e. The van der Waals surface area contributed by atoms with Crippen molar-refractivity contribution < 1.29 is 0 Å². The van der Waals surface area contributed by atoms with Gasteiger partial charge in [0.15, 0.2) is 17.5 Å². The molecule has 0 saturated heterocycles. The van der Waals surface area contributed by atoms with Crippen LogP contribution < -0.4 is 0 Å². The molecule has 0 bridgehead atoms. The van der Waals surface area contributed by atoms with E-state index in [0.717, 1.165) is 32.4 Å². The first-order chi connectivity index (χ1) is 28.2. The lowest BCUT2D eigenvalue weighted by Crippen LogP contribution is -2.32. The first kappa shape index (κ1) is 32.5. The third-order valence-corrected chi connectivity index (χ3v) is 12.9. The number of nitrogens with zero attached hydrogens (tertiary/aromatic N) is 4. The highest BCUT2D eigenvalue weighted by atomic mass is 79.9. The van der Waals surface area contributed by atoms with Crippen molar-refractivity contribution in [2.24, 2.45) is 5.92 Å². The van der Waals surface area contributed by atoms with Gasteiger partial charge in [0.05, 0.1) is 16.4 Å². The molecule has 0 fully saturated rings. The van der Waals surface area contributed by atoms with Crippen molar-refractivity contribution >= 4 is 37.7 Å². The van der Waals surface area contributed by atoms with E-state index in [4.69, 9.17) is 15.0 Å². The van der Waals surface area contributed by atoms with Crippen molar-refractivity contribution in [3.05, 3.63) is 215 Å². The van der Waals surface area contributed by atoms with Crippen molar-refractivity contribution in [3.63, 3.8) is 0 Å². The summed E-state index contributed by atoms with van der Waals surface area (Å²) in [5.41, 5.74) is 14.1. The second kappa shape index (κ2) is 12.4. The topological polar surface area (TPSA) is 43.6 Å². The maximum atomic E-state index is 5.10. The van der Waals surface area contributed by atoms with Crippen molar-refractivity contribution in [2.45, 2.75) is 11.3 Å². The number of rotatable bonds is 4. The van der Waals surface area contributed by atoms with Crippen LogP contribution >= 0.6 is 15.9 Å². The minimum Gasteiger partial charge on any atom is -0.309 e. The van der Waals surface area contributed by atoms with Crippen LogP contribution in [0.1, 0.15) is 28.2 Å². The van der Waals surface area contributed by atoms with Crippen LogP contribution in [0.2, 0.25) is 0 Å². The SMILES string of the molecule is Brc1ccc2c(c1)c1ccc3c(c1n2-c1cccc(-c2nc(-c4ccccc4)nc(-c4ccccc4)n2)c1)-c1ccccc1C31c2ccccc2C2C=CC=CC21. The van der Waals surface area contributed by atoms with E-state index in [1.807, 2.05) is 36.4 Å². The van der Waals surface area contributed by atoms with Gasteiger partial charge in [-0.25, -0.2) is 15.0 Å². The Bertz CT molecular complexity index is 3100. The second-order valence-electron chi connectivity index (χ2n) is 15.2. The van der Waals surface area contributed by atoms with Crippen molar-refractivity contribution in [2.75, 3.05) is 0 Å². The molecule has 3 aliphatic rings. The highest BCUT2D eigenvalue weighted by Gasteiger charge is 2.57. The lowest BCUT2D eigenvalue weighted by atomic mass is 9.65. The fourth-order valence-corrected chi connectivity index (χ4v) is 10.5. The van der Waals surface area contributed by atoms with Crippen LogP contribution in [0.25, 0.3) is 72.8 Å². The Balaban J connectivity index is 1.14. The first-order valence-corrected chi connectivity index (χ1v) is 20.3. The molecule has 7 aromatic carbocycles. The van der Waals surface area contributed by atoms with Crippen LogP contribution in [0.5, 0.6) is 0 Å². The number of benzene rings is 7. The fourth-order valence-electron chi connectivity index (χ4n) is 10.2. The highest BCUT2D eigenvalue weighted by molar-refractivity contribution is 9.10. The summed E-state index contributed by atoms with van der Waals surface area (Å²) in [4.78, 5) is 15.2. The summed E-state index contributed by atoms with van der Waals surface area (Å²) < 4.78 is 3.53. The Kier molecular flexibility index (Phi) is 7.08. The van der Waals surface area contributed by atoms with E-state index in [2.05, 4.69) is 172 Å². The Hall–Kier alpha value is -6.69. The van der Waals surface area contributed by atoms with E-state index in [9.17, 15) is 0 Å². The molecule has 0 radical (unpaired) electrons. The highest BCUT2D eigenvalue weighted by Crippen LogP contribution is 2.66. The summed E-state index contributed by atoms with van der Waals surface area (Å²) in [6.45, 7) is 0. The predicted molar refractivity (Wildman–Crippen MR) is 234 cm³/mol. The maximum absolute atomic E-state index is 5.10. The quantitative estimate of drug-likeness (QED) is 0.178. The van der Waals surface area contributed by atoms with Gasteiger partial charge in [-0.05, 0) is 58.1 Å². The predicted octanol–water partition coefficient (Wildman–Crippen LogP) is 12.9. The number of hydrogen-bond acceptors (Lipinski definition) is 3. The summed E-state index contributed by atoms with van der Waals surface area (Å²) in [7, 11) is 0. The molecule has 57 heavy (non-hydrogen) atoms. The zero-order valence-electron chi connectivity index (χ0n) is 30.7. The standard InChI is InChI=1S/C52H33BrN4/c53-35-26-29-46-41(31-35)39-27-28-45-47(40-22-9-12-25-44(40)52(45)42-23-10-7-20-37(42)38-21-8-11-24-43(38)52)48(39)57(46)36-19-13-18-34(30-36)51-55-49(32-14-3-1-4-15-32)54-50(56-51)33-16-5-2-6-17-33/h1-31,37,42H. The molecule has 3 atom stereocenters. The third-order valence-electron chi connectivity index (χ3n) is 12.4. The average Bonchev–Trinajstić information content (AvgIpc) is 3.88. The van der Waals surface area contributed by atoms with E-state index in [1.165, 1.54) is 49.7 Å². The van der Waals surface area contributed by atoms with E-state index < -0.39 is 0 Å². The van der Waals surface area contributed by atoms with Gasteiger partial charge >= 0.3 is 0 Å². The number of fused-ring (bicyclic) bond motifs is 14. The Labute approximate surface area is 338 Å². The van der Waals surface area contributed by atoms with Gasteiger partial charge in [0.25, 0.3) is 0 Å². The van der Waals surface area contributed by atoms with Crippen molar-refractivity contribution in [1.82, 2.24) is 19.5 Å².